The highest BCUT2D eigenvalue weighted by Gasteiger charge is 2.35. The number of piperazine rings is 1. The van der Waals surface area contributed by atoms with E-state index >= 15 is 0 Å². The molecule has 2 fully saturated rings. The Hall–Kier alpha value is -0.120. The first-order valence-corrected chi connectivity index (χ1v) is 8.27. The van der Waals surface area contributed by atoms with E-state index < -0.39 is 0 Å². The maximum atomic E-state index is 3.47. The van der Waals surface area contributed by atoms with E-state index in [1.807, 2.05) is 0 Å². The Morgan fingerprint density at radius 2 is 1.63 bits per heavy atom. The largest absolute Gasteiger partial charge is 0.319 e. The van der Waals surface area contributed by atoms with Crippen LogP contribution in [0.4, 0.5) is 0 Å². The van der Waals surface area contributed by atoms with Crippen molar-refractivity contribution >= 4 is 0 Å². The molecule has 19 heavy (non-hydrogen) atoms. The number of rotatable bonds is 5. The predicted molar refractivity (Wildman–Crippen MR) is 82.5 cm³/mol. The summed E-state index contributed by atoms with van der Waals surface area (Å²) in [5.74, 6) is 0.946. The van der Waals surface area contributed by atoms with Gasteiger partial charge in [0.1, 0.15) is 0 Å². The third-order valence-corrected chi connectivity index (χ3v) is 5.36. The van der Waals surface area contributed by atoms with Crippen LogP contribution in [0.25, 0.3) is 0 Å². The van der Waals surface area contributed by atoms with Crippen LogP contribution < -0.4 is 5.32 Å². The average molecular weight is 267 g/mol. The molecule has 0 unspecified atom stereocenters. The van der Waals surface area contributed by atoms with Gasteiger partial charge in [-0.2, -0.15) is 0 Å². The molecule has 1 heterocycles. The molecule has 3 heteroatoms. The molecule has 0 aromatic carbocycles. The van der Waals surface area contributed by atoms with Gasteiger partial charge in [0.05, 0.1) is 0 Å². The smallest absolute Gasteiger partial charge is 0.0110 e. The fourth-order valence-electron chi connectivity index (χ4n) is 3.88. The maximum Gasteiger partial charge on any atom is 0.0110 e. The molecule has 1 aliphatic heterocycles. The Kier molecular flexibility index (Phi) is 5.67. The van der Waals surface area contributed by atoms with Crippen LogP contribution in [0.15, 0.2) is 0 Å². The minimum atomic E-state index is 0.551. The Balaban J connectivity index is 1.86. The van der Waals surface area contributed by atoms with E-state index in [-0.39, 0.29) is 0 Å². The summed E-state index contributed by atoms with van der Waals surface area (Å²) in [5.41, 5.74) is 0.551. The van der Waals surface area contributed by atoms with Crippen molar-refractivity contribution in [2.24, 2.45) is 11.3 Å². The van der Waals surface area contributed by atoms with Gasteiger partial charge in [-0.1, -0.05) is 26.7 Å². The molecule has 0 aromatic rings. The van der Waals surface area contributed by atoms with Crippen molar-refractivity contribution in [3.8, 4) is 0 Å². The summed E-state index contributed by atoms with van der Waals surface area (Å²) >= 11 is 0. The van der Waals surface area contributed by atoms with E-state index in [2.05, 4.69) is 36.0 Å². The zero-order chi connectivity index (χ0) is 13.7. The standard InChI is InChI=1S/C16H33N3/c1-4-18-9-11-19(12-10-18)14-16(13-17-3)7-5-15(2)6-8-16/h15,17H,4-14H2,1-3H3. The molecular formula is C16H33N3. The summed E-state index contributed by atoms with van der Waals surface area (Å²) in [7, 11) is 2.12. The molecule has 1 saturated heterocycles. The third-order valence-electron chi connectivity index (χ3n) is 5.36. The van der Waals surface area contributed by atoms with Gasteiger partial charge in [0, 0.05) is 39.3 Å². The van der Waals surface area contributed by atoms with Gasteiger partial charge in [-0.05, 0) is 37.8 Å². The molecule has 0 aromatic heterocycles. The number of hydrogen-bond acceptors (Lipinski definition) is 3. The lowest BCUT2D eigenvalue weighted by atomic mass is 9.70. The number of nitrogens with one attached hydrogen (secondary N) is 1. The molecular weight excluding hydrogens is 234 g/mol. The molecule has 2 rings (SSSR count). The van der Waals surface area contributed by atoms with Gasteiger partial charge in [-0.15, -0.1) is 0 Å². The summed E-state index contributed by atoms with van der Waals surface area (Å²) in [4.78, 5) is 5.30. The molecule has 0 bridgehead atoms. The monoisotopic (exact) mass is 267 g/mol. The van der Waals surface area contributed by atoms with Gasteiger partial charge >= 0.3 is 0 Å². The molecule has 0 atom stereocenters. The Bertz CT molecular complexity index is 251. The van der Waals surface area contributed by atoms with Crippen LogP contribution in [0, 0.1) is 11.3 Å². The molecule has 0 spiro atoms. The van der Waals surface area contributed by atoms with Gasteiger partial charge in [0.25, 0.3) is 0 Å². The quantitative estimate of drug-likeness (QED) is 0.822. The summed E-state index contributed by atoms with van der Waals surface area (Å²) in [6.45, 7) is 13.5. The van der Waals surface area contributed by atoms with Gasteiger partial charge < -0.3 is 15.1 Å². The lowest BCUT2D eigenvalue weighted by Crippen LogP contribution is -2.52. The molecule has 3 nitrogen and oxygen atoms in total. The van der Waals surface area contributed by atoms with Gasteiger partial charge in [0.2, 0.25) is 0 Å². The highest BCUT2D eigenvalue weighted by molar-refractivity contribution is 4.90. The lowest BCUT2D eigenvalue weighted by Gasteiger charge is -2.45. The minimum absolute atomic E-state index is 0.551. The van der Waals surface area contributed by atoms with Crippen molar-refractivity contribution in [1.29, 1.82) is 0 Å². The van der Waals surface area contributed by atoms with E-state index in [9.17, 15) is 0 Å². The molecule has 1 aliphatic carbocycles. The van der Waals surface area contributed by atoms with Gasteiger partial charge in [0.15, 0.2) is 0 Å². The second-order valence-electron chi connectivity index (χ2n) is 6.92. The van der Waals surface area contributed by atoms with Crippen molar-refractivity contribution in [2.45, 2.75) is 39.5 Å². The predicted octanol–water partition coefficient (Wildman–Crippen LogP) is 2.04. The van der Waals surface area contributed by atoms with Crippen molar-refractivity contribution < 1.29 is 0 Å². The highest BCUT2D eigenvalue weighted by atomic mass is 15.3. The van der Waals surface area contributed by atoms with Crippen molar-refractivity contribution in [3.63, 3.8) is 0 Å². The van der Waals surface area contributed by atoms with Crippen LogP contribution in [-0.2, 0) is 0 Å². The lowest BCUT2D eigenvalue weighted by molar-refractivity contribution is 0.0558. The van der Waals surface area contributed by atoms with Crippen LogP contribution in [0.3, 0.4) is 0 Å². The van der Waals surface area contributed by atoms with Crippen LogP contribution in [0.2, 0.25) is 0 Å². The number of hydrogen-bond donors (Lipinski definition) is 1. The molecule has 1 N–H and O–H groups in total. The molecule has 1 saturated carbocycles. The summed E-state index contributed by atoms with van der Waals surface area (Å²) in [6.07, 6.45) is 5.69. The topological polar surface area (TPSA) is 18.5 Å². The average Bonchev–Trinajstić information content (AvgIpc) is 2.43. The van der Waals surface area contributed by atoms with E-state index in [1.54, 1.807) is 0 Å². The van der Waals surface area contributed by atoms with Crippen molar-refractivity contribution in [1.82, 2.24) is 15.1 Å². The first kappa shape index (κ1) is 15.3. The summed E-state index contributed by atoms with van der Waals surface area (Å²) in [6, 6.07) is 0. The molecule has 0 amide bonds. The van der Waals surface area contributed by atoms with E-state index in [4.69, 9.17) is 0 Å². The summed E-state index contributed by atoms with van der Waals surface area (Å²) < 4.78 is 0. The Morgan fingerprint density at radius 3 is 2.16 bits per heavy atom. The Morgan fingerprint density at radius 1 is 1.05 bits per heavy atom. The van der Waals surface area contributed by atoms with Gasteiger partial charge in [-0.3, -0.25) is 0 Å². The number of nitrogens with zero attached hydrogens (tertiary/aromatic N) is 2. The summed E-state index contributed by atoms with van der Waals surface area (Å²) in [5, 5.41) is 3.47. The van der Waals surface area contributed by atoms with Crippen molar-refractivity contribution in [3.05, 3.63) is 0 Å². The fraction of sp³-hybridized carbons (Fsp3) is 1.00. The van der Waals surface area contributed by atoms with Gasteiger partial charge in [-0.25, -0.2) is 0 Å². The SMILES string of the molecule is CCN1CCN(CC2(CNC)CCC(C)CC2)CC1. The zero-order valence-electron chi connectivity index (χ0n) is 13.2. The zero-order valence-corrected chi connectivity index (χ0v) is 13.2. The second kappa shape index (κ2) is 7.05. The van der Waals surface area contributed by atoms with E-state index in [1.165, 1.54) is 71.5 Å². The maximum absolute atomic E-state index is 3.47. The fourth-order valence-corrected chi connectivity index (χ4v) is 3.88. The molecule has 112 valence electrons. The number of likely N-dealkylation sites (N-methyl/N-ethyl adjacent to an activating group) is 1. The first-order chi connectivity index (χ1) is 9.17. The first-order valence-electron chi connectivity index (χ1n) is 8.27. The van der Waals surface area contributed by atoms with E-state index in [0.29, 0.717) is 5.41 Å². The normalized spacial score (nSPS) is 34.6. The van der Waals surface area contributed by atoms with Crippen LogP contribution in [-0.4, -0.2) is 62.7 Å². The molecule has 2 aliphatic rings. The third kappa shape index (κ3) is 4.17. The molecule has 0 radical (unpaired) electrons. The minimum Gasteiger partial charge on any atom is -0.319 e. The highest BCUT2D eigenvalue weighted by Crippen LogP contribution is 2.39. The van der Waals surface area contributed by atoms with Crippen LogP contribution in [0.1, 0.15) is 39.5 Å². The van der Waals surface area contributed by atoms with Crippen LogP contribution in [0.5, 0.6) is 0 Å². The van der Waals surface area contributed by atoms with Crippen LogP contribution >= 0.6 is 0 Å². The Labute approximate surface area is 119 Å². The van der Waals surface area contributed by atoms with Crippen molar-refractivity contribution in [2.75, 3.05) is 52.9 Å². The second-order valence-corrected chi connectivity index (χ2v) is 6.92. The van der Waals surface area contributed by atoms with E-state index in [0.717, 1.165) is 5.92 Å².